The first-order valence-corrected chi connectivity index (χ1v) is 4.58. The molecule has 1 unspecified atom stereocenters. The summed E-state index contributed by atoms with van der Waals surface area (Å²) in [6.07, 6.45) is 0.302. The van der Waals surface area contributed by atoms with Gasteiger partial charge in [-0.15, -0.1) is 0 Å². The molecule has 1 aliphatic heterocycles. The second kappa shape index (κ2) is 4.58. The summed E-state index contributed by atoms with van der Waals surface area (Å²) in [5.74, 6) is -0.346. The number of carboxylic acids is 1. The maximum atomic E-state index is 10.4. The van der Waals surface area contributed by atoms with Crippen LogP contribution in [0.25, 0.3) is 0 Å². The monoisotopic (exact) mass is 187 g/mol. The lowest BCUT2D eigenvalue weighted by Gasteiger charge is -2.42. The summed E-state index contributed by atoms with van der Waals surface area (Å²) in [5, 5.41) is 8.53. The standard InChI is InChI=1S/C9H17NO3/c1-7(6-13-2)10-4-8(5-10)3-9(11)12/h7-8H,3-6H2,1-2H3,(H,11,12). The molecule has 0 aromatic carbocycles. The Morgan fingerprint density at radius 2 is 2.31 bits per heavy atom. The van der Waals surface area contributed by atoms with Crippen LogP contribution in [0.2, 0.25) is 0 Å². The van der Waals surface area contributed by atoms with Gasteiger partial charge in [0.25, 0.3) is 0 Å². The van der Waals surface area contributed by atoms with Gasteiger partial charge >= 0.3 is 5.97 Å². The lowest BCUT2D eigenvalue weighted by atomic mass is 9.95. The molecule has 0 spiro atoms. The molecule has 13 heavy (non-hydrogen) atoms. The molecule has 76 valence electrons. The summed E-state index contributed by atoms with van der Waals surface area (Å²) in [6, 6.07) is 0.412. The summed E-state index contributed by atoms with van der Waals surface area (Å²) in [6.45, 7) is 4.62. The maximum absolute atomic E-state index is 10.4. The minimum atomic E-state index is -0.691. The normalized spacial score (nSPS) is 21.1. The van der Waals surface area contributed by atoms with Crippen molar-refractivity contribution >= 4 is 5.97 Å². The van der Waals surface area contributed by atoms with Crippen LogP contribution in [-0.2, 0) is 9.53 Å². The highest BCUT2D eigenvalue weighted by atomic mass is 16.5. The third-order valence-corrected chi connectivity index (χ3v) is 2.48. The molecule has 0 amide bonds. The highest BCUT2D eigenvalue weighted by Crippen LogP contribution is 2.21. The molecule has 0 aromatic rings. The summed E-state index contributed by atoms with van der Waals surface area (Å²) >= 11 is 0. The molecule has 0 aliphatic carbocycles. The van der Waals surface area contributed by atoms with E-state index in [1.165, 1.54) is 0 Å². The van der Waals surface area contributed by atoms with Gasteiger partial charge in [-0.3, -0.25) is 9.69 Å². The predicted molar refractivity (Wildman–Crippen MR) is 48.7 cm³/mol. The smallest absolute Gasteiger partial charge is 0.303 e. The van der Waals surface area contributed by atoms with Gasteiger partial charge in [0.15, 0.2) is 0 Å². The van der Waals surface area contributed by atoms with Crippen molar-refractivity contribution in [3.8, 4) is 0 Å². The van der Waals surface area contributed by atoms with E-state index in [1.807, 2.05) is 0 Å². The van der Waals surface area contributed by atoms with Crippen LogP contribution in [0.15, 0.2) is 0 Å². The highest BCUT2D eigenvalue weighted by molar-refractivity contribution is 5.67. The zero-order valence-corrected chi connectivity index (χ0v) is 8.19. The quantitative estimate of drug-likeness (QED) is 0.678. The van der Waals surface area contributed by atoms with Crippen LogP contribution in [0.4, 0.5) is 0 Å². The SMILES string of the molecule is COCC(C)N1CC(CC(=O)O)C1. The van der Waals surface area contributed by atoms with E-state index in [0.29, 0.717) is 18.4 Å². The van der Waals surface area contributed by atoms with Gasteiger partial charge in [0.1, 0.15) is 0 Å². The largest absolute Gasteiger partial charge is 0.481 e. The Balaban J connectivity index is 2.13. The predicted octanol–water partition coefficient (Wildman–Crippen LogP) is 0.428. The molecular weight excluding hydrogens is 170 g/mol. The van der Waals surface area contributed by atoms with Crippen LogP contribution in [-0.4, -0.2) is 48.8 Å². The number of nitrogens with zero attached hydrogens (tertiary/aromatic N) is 1. The lowest BCUT2D eigenvalue weighted by molar-refractivity contribution is -0.140. The average Bonchev–Trinajstić information content (AvgIpc) is 1.95. The minimum Gasteiger partial charge on any atom is -0.481 e. The molecule has 0 aromatic heterocycles. The fourth-order valence-electron chi connectivity index (χ4n) is 1.69. The van der Waals surface area contributed by atoms with E-state index in [2.05, 4.69) is 11.8 Å². The second-order valence-corrected chi connectivity index (χ2v) is 3.72. The molecule has 1 rings (SSSR count). The Morgan fingerprint density at radius 3 is 2.77 bits per heavy atom. The Bertz CT molecular complexity index is 178. The lowest BCUT2D eigenvalue weighted by Crippen LogP contribution is -2.52. The molecule has 1 heterocycles. The van der Waals surface area contributed by atoms with Crippen LogP contribution in [0, 0.1) is 5.92 Å². The number of carboxylic acid groups (broad SMARTS) is 1. The fraction of sp³-hybridized carbons (Fsp3) is 0.889. The van der Waals surface area contributed by atoms with E-state index in [0.717, 1.165) is 19.7 Å². The number of hydrogen-bond acceptors (Lipinski definition) is 3. The van der Waals surface area contributed by atoms with E-state index in [1.54, 1.807) is 7.11 Å². The van der Waals surface area contributed by atoms with Gasteiger partial charge in [0, 0.05) is 26.2 Å². The van der Waals surface area contributed by atoms with Gasteiger partial charge in [0.05, 0.1) is 13.0 Å². The van der Waals surface area contributed by atoms with Gasteiger partial charge in [-0.25, -0.2) is 0 Å². The van der Waals surface area contributed by atoms with Crippen molar-refractivity contribution in [1.82, 2.24) is 4.90 Å². The van der Waals surface area contributed by atoms with Crippen LogP contribution in [0.1, 0.15) is 13.3 Å². The molecule has 1 aliphatic rings. The number of likely N-dealkylation sites (tertiary alicyclic amines) is 1. The van der Waals surface area contributed by atoms with Crippen molar-refractivity contribution in [2.45, 2.75) is 19.4 Å². The van der Waals surface area contributed by atoms with Gasteiger partial charge in [-0.2, -0.15) is 0 Å². The number of ether oxygens (including phenoxy) is 1. The number of aliphatic carboxylic acids is 1. The van der Waals surface area contributed by atoms with Gasteiger partial charge in [0.2, 0.25) is 0 Å². The van der Waals surface area contributed by atoms with Gasteiger partial charge < -0.3 is 9.84 Å². The van der Waals surface area contributed by atoms with E-state index < -0.39 is 5.97 Å². The minimum absolute atomic E-state index is 0.302. The molecule has 1 saturated heterocycles. The Kier molecular flexibility index (Phi) is 3.69. The second-order valence-electron chi connectivity index (χ2n) is 3.72. The number of rotatable bonds is 5. The fourth-order valence-corrected chi connectivity index (χ4v) is 1.69. The van der Waals surface area contributed by atoms with Crippen LogP contribution < -0.4 is 0 Å². The van der Waals surface area contributed by atoms with E-state index in [-0.39, 0.29) is 0 Å². The Hall–Kier alpha value is -0.610. The summed E-state index contributed by atoms with van der Waals surface area (Å²) in [5.41, 5.74) is 0. The van der Waals surface area contributed by atoms with Crippen molar-refractivity contribution in [2.24, 2.45) is 5.92 Å². The average molecular weight is 187 g/mol. The van der Waals surface area contributed by atoms with Crippen molar-refractivity contribution in [2.75, 3.05) is 26.8 Å². The van der Waals surface area contributed by atoms with E-state index >= 15 is 0 Å². The summed E-state index contributed by atoms with van der Waals surface area (Å²) in [4.78, 5) is 12.6. The molecular formula is C9H17NO3. The Morgan fingerprint density at radius 1 is 1.69 bits per heavy atom. The van der Waals surface area contributed by atoms with Gasteiger partial charge in [-0.1, -0.05) is 0 Å². The maximum Gasteiger partial charge on any atom is 0.303 e. The summed E-state index contributed by atoms with van der Waals surface area (Å²) in [7, 11) is 1.69. The first kappa shape index (κ1) is 10.5. The van der Waals surface area contributed by atoms with Crippen LogP contribution in [0.3, 0.4) is 0 Å². The highest BCUT2D eigenvalue weighted by Gasteiger charge is 2.31. The zero-order valence-electron chi connectivity index (χ0n) is 8.19. The topological polar surface area (TPSA) is 49.8 Å². The third kappa shape index (κ3) is 2.97. The molecule has 4 nitrogen and oxygen atoms in total. The first-order valence-electron chi connectivity index (χ1n) is 4.58. The molecule has 0 bridgehead atoms. The number of hydrogen-bond donors (Lipinski definition) is 1. The third-order valence-electron chi connectivity index (χ3n) is 2.48. The number of methoxy groups -OCH3 is 1. The first-order chi connectivity index (χ1) is 6.13. The van der Waals surface area contributed by atoms with Crippen molar-refractivity contribution in [1.29, 1.82) is 0 Å². The number of carbonyl (C=O) groups is 1. The van der Waals surface area contributed by atoms with E-state index in [9.17, 15) is 4.79 Å². The molecule has 0 saturated carbocycles. The van der Waals surface area contributed by atoms with Gasteiger partial charge in [-0.05, 0) is 12.8 Å². The molecule has 1 fully saturated rings. The molecule has 1 atom stereocenters. The van der Waals surface area contributed by atoms with Crippen molar-refractivity contribution < 1.29 is 14.6 Å². The molecule has 0 radical (unpaired) electrons. The Labute approximate surface area is 78.5 Å². The van der Waals surface area contributed by atoms with Crippen LogP contribution >= 0.6 is 0 Å². The molecule has 1 N–H and O–H groups in total. The van der Waals surface area contributed by atoms with Crippen molar-refractivity contribution in [3.05, 3.63) is 0 Å². The zero-order chi connectivity index (χ0) is 9.84. The summed E-state index contributed by atoms with van der Waals surface area (Å²) < 4.78 is 5.02. The molecule has 4 heteroatoms. The van der Waals surface area contributed by atoms with Crippen LogP contribution in [0.5, 0.6) is 0 Å². The van der Waals surface area contributed by atoms with Crippen molar-refractivity contribution in [3.63, 3.8) is 0 Å². The van der Waals surface area contributed by atoms with E-state index in [4.69, 9.17) is 9.84 Å².